The maximum Gasteiger partial charge on any atom is 0.246 e. The second kappa shape index (κ2) is 8.18. The van der Waals surface area contributed by atoms with E-state index < -0.39 is 0 Å². The first-order valence-corrected chi connectivity index (χ1v) is 10.2. The fraction of sp³-hybridized carbons (Fsp3) is 0.286. The number of carbonyl (C=O) groups is 1. The van der Waals surface area contributed by atoms with Crippen LogP contribution >= 0.6 is 11.3 Å². The van der Waals surface area contributed by atoms with Gasteiger partial charge in [0.25, 0.3) is 0 Å². The molecule has 1 amide bonds. The highest BCUT2D eigenvalue weighted by atomic mass is 32.1. The number of aromatic hydroxyl groups is 1. The van der Waals surface area contributed by atoms with Crippen LogP contribution in [0.5, 0.6) is 5.75 Å². The summed E-state index contributed by atoms with van der Waals surface area (Å²) in [7, 11) is 1.75. The minimum absolute atomic E-state index is 0.123. The van der Waals surface area contributed by atoms with Gasteiger partial charge in [-0.15, -0.1) is 11.3 Å². The third kappa shape index (κ3) is 4.08. The molecule has 0 bridgehead atoms. The summed E-state index contributed by atoms with van der Waals surface area (Å²) in [4.78, 5) is 26.3. The third-order valence-electron chi connectivity index (χ3n) is 4.76. The average molecular weight is 410 g/mol. The van der Waals surface area contributed by atoms with Crippen molar-refractivity contribution in [3.63, 3.8) is 0 Å². The van der Waals surface area contributed by atoms with Gasteiger partial charge in [0, 0.05) is 30.6 Å². The number of aromatic nitrogens is 2. The molecule has 0 atom stereocenters. The number of phenols is 1. The van der Waals surface area contributed by atoms with Crippen LogP contribution in [0.25, 0.3) is 21.6 Å². The molecule has 150 valence electrons. The summed E-state index contributed by atoms with van der Waals surface area (Å²) in [6.45, 7) is 6.85. The molecule has 3 heterocycles. The maximum absolute atomic E-state index is 11.9. The van der Waals surface area contributed by atoms with Gasteiger partial charge in [0.15, 0.2) is 11.6 Å². The summed E-state index contributed by atoms with van der Waals surface area (Å²) in [6.07, 6.45) is 1.31. The van der Waals surface area contributed by atoms with E-state index in [0.717, 1.165) is 39.6 Å². The van der Waals surface area contributed by atoms with Crippen molar-refractivity contribution < 1.29 is 14.6 Å². The first-order valence-electron chi connectivity index (χ1n) is 9.35. The van der Waals surface area contributed by atoms with E-state index in [2.05, 4.69) is 11.5 Å². The fourth-order valence-corrected chi connectivity index (χ4v) is 4.44. The lowest BCUT2D eigenvalue weighted by molar-refractivity contribution is -0.125. The van der Waals surface area contributed by atoms with Gasteiger partial charge < -0.3 is 19.6 Å². The largest absolute Gasteiger partial charge is 0.508 e. The molecule has 0 radical (unpaired) electrons. The van der Waals surface area contributed by atoms with Crippen LogP contribution in [0.1, 0.15) is 4.88 Å². The number of benzene rings is 1. The molecule has 1 aliphatic heterocycles. The molecular weight excluding hydrogens is 388 g/mol. The molecule has 1 N–H and O–H groups in total. The van der Waals surface area contributed by atoms with E-state index in [1.165, 1.54) is 6.08 Å². The van der Waals surface area contributed by atoms with E-state index in [4.69, 9.17) is 14.7 Å². The highest BCUT2D eigenvalue weighted by Crippen LogP contribution is 2.35. The van der Waals surface area contributed by atoms with Crippen molar-refractivity contribution in [2.75, 3.05) is 38.3 Å². The minimum atomic E-state index is -0.123. The highest BCUT2D eigenvalue weighted by molar-refractivity contribution is 7.19. The molecule has 1 aliphatic rings. The molecule has 8 heteroatoms. The molecule has 29 heavy (non-hydrogen) atoms. The smallest absolute Gasteiger partial charge is 0.246 e. The molecule has 0 aliphatic carbocycles. The quantitative estimate of drug-likeness (QED) is 0.652. The van der Waals surface area contributed by atoms with Gasteiger partial charge in [0.05, 0.1) is 30.0 Å². The van der Waals surface area contributed by atoms with Crippen LogP contribution in [-0.4, -0.2) is 59.2 Å². The van der Waals surface area contributed by atoms with Crippen LogP contribution in [0.15, 0.2) is 43.0 Å². The number of amides is 1. The van der Waals surface area contributed by atoms with E-state index in [1.807, 2.05) is 12.1 Å². The second-order valence-electron chi connectivity index (χ2n) is 6.85. The number of hydrogen-bond donors (Lipinski definition) is 1. The SMILES string of the molecule is C=CC(=O)N(C)Cc1cc2nc(-c3cccc(O)c3)nc(N3CCOCC3)c2s1. The van der Waals surface area contributed by atoms with Gasteiger partial charge in [0.2, 0.25) is 5.91 Å². The summed E-state index contributed by atoms with van der Waals surface area (Å²) in [5, 5.41) is 9.86. The molecule has 0 spiro atoms. The first kappa shape index (κ1) is 19.4. The van der Waals surface area contributed by atoms with Crippen LogP contribution in [0, 0.1) is 0 Å². The van der Waals surface area contributed by atoms with Crippen LogP contribution < -0.4 is 4.90 Å². The number of hydrogen-bond acceptors (Lipinski definition) is 7. The van der Waals surface area contributed by atoms with Gasteiger partial charge in [0.1, 0.15) is 5.75 Å². The van der Waals surface area contributed by atoms with Gasteiger partial charge in [-0.2, -0.15) is 0 Å². The summed E-state index contributed by atoms with van der Waals surface area (Å²) >= 11 is 1.60. The van der Waals surface area contributed by atoms with Crippen molar-refractivity contribution in [1.82, 2.24) is 14.9 Å². The van der Waals surface area contributed by atoms with Crippen molar-refractivity contribution in [3.8, 4) is 17.1 Å². The Labute approximate surface area is 172 Å². The van der Waals surface area contributed by atoms with Gasteiger partial charge in [-0.25, -0.2) is 9.97 Å². The van der Waals surface area contributed by atoms with E-state index in [1.54, 1.807) is 41.5 Å². The van der Waals surface area contributed by atoms with Crippen LogP contribution in [0.3, 0.4) is 0 Å². The van der Waals surface area contributed by atoms with Crippen molar-refractivity contribution in [2.45, 2.75) is 6.54 Å². The van der Waals surface area contributed by atoms with Crippen molar-refractivity contribution in [3.05, 3.63) is 47.9 Å². The number of nitrogens with zero attached hydrogens (tertiary/aromatic N) is 4. The topological polar surface area (TPSA) is 78.8 Å². The van der Waals surface area contributed by atoms with Crippen LogP contribution in [-0.2, 0) is 16.1 Å². The van der Waals surface area contributed by atoms with Gasteiger partial charge in [-0.1, -0.05) is 18.7 Å². The number of ether oxygens (including phenoxy) is 1. The van der Waals surface area contributed by atoms with Crippen LogP contribution in [0.4, 0.5) is 5.82 Å². The lowest BCUT2D eigenvalue weighted by Gasteiger charge is -2.28. The number of thiophene rings is 1. The minimum Gasteiger partial charge on any atom is -0.508 e. The van der Waals surface area contributed by atoms with Crippen LogP contribution in [0.2, 0.25) is 0 Å². The Morgan fingerprint density at radius 2 is 2.14 bits per heavy atom. The number of morpholine rings is 1. The standard InChI is InChI=1S/C21H22N4O3S/c1-3-18(27)24(2)13-16-12-17-19(29-16)21(25-7-9-28-10-8-25)23-20(22-17)14-5-4-6-15(26)11-14/h3-6,11-12,26H,1,7-10,13H2,2H3. The normalized spacial score (nSPS) is 14.2. The number of anilines is 1. The van der Waals surface area contributed by atoms with Gasteiger partial charge in [-0.3, -0.25) is 4.79 Å². The molecule has 1 fully saturated rings. The fourth-order valence-electron chi connectivity index (χ4n) is 3.27. The Hall–Kier alpha value is -2.97. The van der Waals surface area contributed by atoms with E-state index in [-0.39, 0.29) is 11.7 Å². The van der Waals surface area contributed by atoms with Crippen molar-refractivity contribution in [1.29, 1.82) is 0 Å². The molecule has 4 rings (SSSR count). The number of fused-ring (bicyclic) bond motifs is 1. The Kier molecular flexibility index (Phi) is 5.46. The Bertz CT molecular complexity index is 1060. The maximum atomic E-state index is 11.9. The number of likely N-dealkylation sites (N-methyl/N-ethyl adjacent to an activating group) is 1. The molecular formula is C21H22N4O3S. The predicted octanol–water partition coefficient (Wildman–Crippen LogP) is 3.04. The lowest BCUT2D eigenvalue weighted by Crippen LogP contribution is -2.36. The van der Waals surface area contributed by atoms with Crippen molar-refractivity contribution in [2.24, 2.45) is 0 Å². The lowest BCUT2D eigenvalue weighted by atomic mass is 10.2. The number of carbonyl (C=O) groups excluding carboxylic acids is 1. The first-order chi connectivity index (χ1) is 14.0. The van der Waals surface area contributed by atoms with Gasteiger partial charge >= 0.3 is 0 Å². The summed E-state index contributed by atoms with van der Waals surface area (Å²) in [5.41, 5.74) is 1.59. The van der Waals surface area contributed by atoms with E-state index in [0.29, 0.717) is 25.6 Å². The summed E-state index contributed by atoms with van der Waals surface area (Å²) in [5.74, 6) is 1.48. The molecule has 1 aromatic carbocycles. The average Bonchev–Trinajstić information content (AvgIpc) is 3.15. The Morgan fingerprint density at radius 1 is 1.34 bits per heavy atom. The predicted molar refractivity (Wildman–Crippen MR) is 114 cm³/mol. The zero-order valence-electron chi connectivity index (χ0n) is 16.2. The van der Waals surface area contributed by atoms with E-state index >= 15 is 0 Å². The Balaban J connectivity index is 1.79. The van der Waals surface area contributed by atoms with Gasteiger partial charge in [-0.05, 0) is 24.3 Å². The third-order valence-corrected chi connectivity index (χ3v) is 5.87. The molecule has 0 unspecified atom stereocenters. The molecule has 3 aromatic rings. The molecule has 1 saturated heterocycles. The summed E-state index contributed by atoms with van der Waals surface area (Å²) in [6, 6.07) is 8.95. The monoisotopic (exact) mass is 410 g/mol. The second-order valence-corrected chi connectivity index (χ2v) is 7.98. The zero-order chi connectivity index (χ0) is 20.4. The number of phenolic OH excluding ortho intramolecular Hbond substituents is 1. The highest BCUT2D eigenvalue weighted by Gasteiger charge is 2.21. The molecule has 0 saturated carbocycles. The number of rotatable bonds is 5. The molecule has 2 aromatic heterocycles. The van der Waals surface area contributed by atoms with E-state index in [9.17, 15) is 9.90 Å². The zero-order valence-corrected chi connectivity index (χ0v) is 17.0. The summed E-state index contributed by atoms with van der Waals surface area (Å²) < 4.78 is 6.48. The van der Waals surface area contributed by atoms with Crippen molar-refractivity contribution >= 4 is 33.3 Å². The molecule has 7 nitrogen and oxygen atoms in total. The Morgan fingerprint density at radius 3 is 2.86 bits per heavy atom.